The summed E-state index contributed by atoms with van der Waals surface area (Å²) in [6.45, 7) is 3.14. The van der Waals surface area contributed by atoms with Crippen LogP contribution in [0.15, 0.2) is 109 Å². The first kappa shape index (κ1) is 33.8. The Balaban J connectivity index is 0.00000433. The number of benzene rings is 4. The van der Waals surface area contributed by atoms with Gasteiger partial charge < -0.3 is 40.4 Å². The van der Waals surface area contributed by atoms with E-state index >= 15 is 0 Å². The third-order valence-electron chi connectivity index (χ3n) is 8.02. The molecular weight excluding hydrogens is 673 g/mol. The van der Waals surface area contributed by atoms with Crippen LogP contribution in [0.1, 0.15) is 27.8 Å². The molecule has 1 aliphatic heterocycles. The number of halogens is 4. The molecule has 244 valence electrons. The minimum absolute atomic E-state index is 0. The molecule has 6 rings (SSSR count). The molecule has 4 aromatic carbocycles. The number of hydrogen-bond donors (Lipinski definition) is 0. The van der Waals surface area contributed by atoms with Gasteiger partial charge in [0.05, 0.1) is 26.3 Å². The summed E-state index contributed by atoms with van der Waals surface area (Å²) < 4.78 is 62.6. The molecule has 1 aliphatic rings. The van der Waals surface area contributed by atoms with Crippen molar-refractivity contribution in [2.24, 2.45) is 0 Å². The minimum atomic E-state index is -4.39. The minimum Gasteiger partial charge on any atom is -1.00 e. The number of quaternary nitrogens is 1. The number of hydrogen-bond acceptors (Lipinski definition) is 5. The summed E-state index contributed by atoms with van der Waals surface area (Å²) in [5.74, 6) is 3.31. The molecular formula is C37H34BrF3N2O4. The Morgan fingerprint density at radius 3 is 2.00 bits per heavy atom. The summed E-state index contributed by atoms with van der Waals surface area (Å²) in [6.07, 6.45) is -1.60. The molecule has 2 heterocycles. The average molecular weight is 708 g/mol. The topological polar surface area (TPSA) is 49.8 Å². The highest BCUT2D eigenvalue weighted by Crippen LogP contribution is 2.36. The molecule has 1 atom stereocenters. The monoisotopic (exact) mass is 706 g/mol. The van der Waals surface area contributed by atoms with Crippen LogP contribution in [0, 0.1) is 0 Å². The summed E-state index contributed by atoms with van der Waals surface area (Å²) in [7, 11) is 3.94. The molecule has 0 amide bonds. The molecule has 0 radical (unpaired) electrons. The number of fused-ring (bicyclic) bond motifs is 1. The summed E-state index contributed by atoms with van der Waals surface area (Å²) in [5, 5.41) is 0. The van der Waals surface area contributed by atoms with Crippen molar-refractivity contribution < 1.29 is 53.6 Å². The first-order valence-electron chi connectivity index (χ1n) is 14.9. The van der Waals surface area contributed by atoms with Crippen LogP contribution in [0.4, 0.5) is 13.2 Å². The van der Waals surface area contributed by atoms with Crippen LogP contribution in [0.25, 0.3) is 0 Å². The number of ether oxygens (including phenoxy) is 4. The standard InChI is InChI=1S/C37H34F3N2O4.BrH/c1-42(19-18-28-20-34(43-2)35(21-29(28)24-42)44-25-26-6-4-3-5-7-26)23-27-8-17-36(41-22-27)46-33-15-13-32(14-16-33)45-31-11-9-30(10-12-31)37(38,39)40;/h3-17,20-22H,18-19,23-25H2,1-2H3;1H/q+1;/p-1. The van der Waals surface area contributed by atoms with Crippen molar-refractivity contribution in [3.63, 3.8) is 0 Å². The van der Waals surface area contributed by atoms with Gasteiger partial charge >= 0.3 is 6.18 Å². The Kier molecular flexibility index (Phi) is 10.4. The van der Waals surface area contributed by atoms with E-state index < -0.39 is 11.7 Å². The van der Waals surface area contributed by atoms with Crippen molar-refractivity contribution in [3.8, 4) is 34.6 Å². The zero-order valence-electron chi connectivity index (χ0n) is 26.0. The number of pyridine rings is 1. The van der Waals surface area contributed by atoms with Gasteiger partial charge in [-0.05, 0) is 77.9 Å². The fourth-order valence-corrected chi connectivity index (χ4v) is 5.60. The van der Waals surface area contributed by atoms with Crippen LogP contribution in [0.2, 0.25) is 0 Å². The van der Waals surface area contributed by atoms with Crippen LogP contribution >= 0.6 is 0 Å². The van der Waals surface area contributed by atoms with Crippen LogP contribution < -0.4 is 35.9 Å². The predicted molar refractivity (Wildman–Crippen MR) is 168 cm³/mol. The highest BCUT2D eigenvalue weighted by Gasteiger charge is 2.31. The number of rotatable bonds is 10. The smallest absolute Gasteiger partial charge is 0.416 e. The van der Waals surface area contributed by atoms with Gasteiger partial charge in [-0.2, -0.15) is 13.2 Å². The maximum Gasteiger partial charge on any atom is 0.416 e. The van der Waals surface area contributed by atoms with Crippen molar-refractivity contribution in [2.75, 3.05) is 20.7 Å². The third-order valence-corrected chi connectivity index (χ3v) is 8.02. The van der Waals surface area contributed by atoms with Gasteiger partial charge in [0.15, 0.2) is 11.5 Å². The summed E-state index contributed by atoms with van der Waals surface area (Å²) in [4.78, 5) is 4.53. The van der Waals surface area contributed by atoms with Crippen molar-refractivity contribution in [2.45, 2.75) is 32.3 Å². The zero-order chi connectivity index (χ0) is 32.1. The van der Waals surface area contributed by atoms with Gasteiger partial charge in [0.1, 0.15) is 36.9 Å². The van der Waals surface area contributed by atoms with E-state index in [2.05, 4.69) is 24.2 Å². The lowest BCUT2D eigenvalue weighted by Crippen LogP contribution is -3.00. The Morgan fingerprint density at radius 1 is 0.745 bits per heavy atom. The molecule has 0 bridgehead atoms. The fraction of sp³-hybridized carbons (Fsp3) is 0.216. The quantitative estimate of drug-likeness (QED) is 0.167. The molecule has 0 saturated heterocycles. The first-order valence-corrected chi connectivity index (χ1v) is 14.9. The summed E-state index contributed by atoms with van der Waals surface area (Å²) >= 11 is 0. The lowest BCUT2D eigenvalue weighted by atomic mass is 9.96. The maximum atomic E-state index is 12.8. The van der Waals surface area contributed by atoms with Crippen molar-refractivity contribution in [1.82, 2.24) is 4.98 Å². The van der Waals surface area contributed by atoms with Crippen molar-refractivity contribution >= 4 is 0 Å². The highest BCUT2D eigenvalue weighted by molar-refractivity contribution is 5.48. The Labute approximate surface area is 282 Å². The molecule has 0 N–H and O–H groups in total. The van der Waals surface area contributed by atoms with Gasteiger partial charge in [0.2, 0.25) is 5.88 Å². The van der Waals surface area contributed by atoms with Gasteiger partial charge in [-0.25, -0.2) is 4.98 Å². The van der Waals surface area contributed by atoms with Gasteiger partial charge in [0.25, 0.3) is 0 Å². The van der Waals surface area contributed by atoms with E-state index in [1.807, 2.05) is 48.7 Å². The van der Waals surface area contributed by atoms with E-state index in [9.17, 15) is 13.2 Å². The lowest BCUT2D eigenvalue weighted by molar-refractivity contribution is -0.937. The highest BCUT2D eigenvalue weighted by atomic mass is 79.9. The molecule has 0 aliphatic carbocycles. The number of methoxy groups -OCH3 is 1. The molecule has 0 fully saturated rings. The van der Waals surface area contributed by atoms with Crippen LogP contribution in [0.5, 0.6) is 34.6 Å². The molecule has 47 heavy (non-hydrogen) atoms. The molecule has 0 spiro atoms. The number of alkyl halides is 3. The van der Waals surface area contributed by atoms with Crippen molar-refractivity contribution in [3.05, 3.63) is 137 Å². The second-order valence-corrected chi connectivity index (χ2v) is 11.7. The number of nitrogens with zero attached hydrogens (tertiary/aromatic N) is 2. The molecule has 6 nitrogen and oxygen atoms in total. The lowest BCUT2D eigenvalue weighted by Gasteiger charge is -2.39. The normalized spacial score (nSPS) is 15.6. The second-order valence-electron chi connectivity index (χ2n) is 11.7. The van der Waals surface area contributed by atoms with E-state index in [-0.39, 0.29) is 17.0 Å². The molecule has 1 aromatic heterocycles. The van der Waals surface area contributed by atoms with Gasteiger partial charge in [0, 0.05) is 29.8 Å². The zero-order valence-corrected chi connectivity index (χ0v) is 27.6. The third kappa shape index (κ3) is 8.64. The number of likely N-dealkylation sites (N-methyl/N-ethyl adjacent to an activating group) is 1. The molecule has 1 unspecified atom stereocenters. The van der Waals surface area contributed by atoms with Gasteiger partial charge in [-0.15, -0.1) is 0 Å². The van der Waals surface area contributed by atoms with E-state index in [1.54, 1.807) is 31.4 Å². The average Bonchev–Trinajstić information content (AvgIpc) is 3.05. The van der Waals surface area contributed by atoms with Gasteiger partial charge in [-0.3, -0.25) is 0 Å². The number of aromatic nitrogens is 1. The molecule has 10 heteroatoms. The second kappa shape index (κ2) is 14.5. The van der Waals surface area contributed by atoms with Gasteiger partial charge in [-0.1, -0.05) is 30.3 Å². The fourth-order valence-electron chi connectivity index (χ4n) is 5.60. The largest absolute Gasteiger partial charge is 1.00 e. The summed E-state index contributed by atoms with van der Waals surface area (Å²) in [6, 6.07) is 29.6. The van der Waals surface area contributed by atoms with Crippen molar-refractivity contribution in [1.29, 1.82) is 0 Å². The Bertz CT molecular complexity index is 1770. The van der Waals surface area contributed by atoms with E-state index in [0.717, 1.165) is 65.3 Å². The van der Waals surface area contributed by atoms with Crippen LogP contribution in [0.3, 0.4) is 0 Å². The predicted octanol–water partition coefficient (Wildman–Crippen LogP) is 5.98. The first-order chi connectivity index (χ1) is 22.2. The van der Waals surface area contributed by atoms with Crippen LogP contribution in [-0.4, -0.2) is 30.2 Å². The summed E-state index contributed by atoms with van der Waals surface area (Å²) in [5.41, 5.74) is 4.03. The maximum absolute atomic E-state index is 12.8. The van der Waals surface area contributed by atoms with E-state index in [0.29, 0.717) is 29.7 Å². The Morgan fingerprint density at radius 2 is 1.38 bits per heavy atom. The molecule has 5 aromatic rings. The SMILES string of the molecule is COc1cc2c(cc1OCc1ccccc1)C[N+](C)(Cc1ccc(Oc3ccc(Oc4ccc(C(F)(F)F)cc4)cc3)nc1)CC2.[Br-]. The van der Waals surface area contributed by atoms with E-state index in [1.165, 1.54) is 23.3 Å². The Hall–Kier alpha value is -4.54. The molecule has 0 saturated carbocycles. The van der Waals surface area contributed by atoms with E-state index in [4.69, 9.17) is 18.9 Å². The van der Waals surface area contributed by atoms with Crippen LogP contribution in [-0.2, 0) is 32.3 Å².